The Labute approximate surface area is 177 Å². The van der Waals surface area contributed by atoms with E-state index >= 15 is 0 Å². The fourth-order valence-electron chi connectivity index (χ4n) is 3.20. The number of nitrogens with zero attached hydrogens (tertiary/aromatic N) is 2. The van der Waals surface area contributed by atoms with Crippen LogP contribution in [0, 0.1) is 0 Å². The summed E-state index contributed by atoms with van der Waals surface area (Å²) in [5.74, 6) is 1.90. The largest absolute Gasteiger partial charge is 0.497 e. The molecule has 0 fully saturated rings. The van der Waals surface area contributed by atoms with Crippen LogP contribution in [0.25, 0.3) is 0 Å². The van der Waals surface area contributed by atoms with Gasteiger partial charge in [0.1, 0.15) is 12.3 Å². The van der Waals surface area contributed by atoms with Crippen molar-refractivity contribution in [2.45, 2.75) is 39.2 Å². The Hall–Kier alpha value is -2.47. The highest BCUT2D eigenvalue weighted by atomic mass is 32.2. The maximum Gasteiger partial charge on any atom is 0.244 e. The normalized spacial score (nSPS) is 15.2. The summed E-state index contributed by atoms with van der Waals surface area (Å²) in [6, 6.07) is 15.7. The number of para-hydroxylation sites is 1. The van der Waals surface area contributed by atoms with E-state index in [1.165, 1.54) is 0 Å². The highest BCUT2D eigenvalue weighted by Gasteiger charge is 2.30. The van der Waals surface area contributed by atoms with Gasteiger partial charge in [-0.2, -0.15) is 0 Å². The Morgan fingerprint density at radius 1 is 1.24 bits per heavy atom. The number of carbonyl (C=O) groups excluding carboxylic acids is 1. The maximum atomic E-state index is 13.0. The van der Waals surface area contributed by atoms with Crippen molar-refractivity contribution < 1.29 is 9.53 Å². The number of amides is 1. The van der Waals surface area contributed by atoms with Crippen LogP contribution in [0.5, 0.6) is 5.75 Å². The average molecular weight is 412 g/mol. The molecule has 0 saturated carbocycles. The van der Waals surface area contributed by atoms with Crippen molar-refractivity contribution in [1.82, 2.24) is 0 Å². The van der Waals surface area contributed by atoms with Gasteiger partial charge in [0, 0.05) is 23.2 Å². The average Bonchev–Trinajstić information content (AvgIpc) is 3.06. The summed E-state index contributed by atoms with van der Waals surface area (Å²) >= 11 is 1.68. The Bertz CT molecular complexity index is 909. The number of nitrogens with one attached hydrogen (secondary N) is 1. The first kappa shape index (κ1) is 21.2. The lowest BCUT2D eigenvalue weighted by Crippen LogP contribution is -2.36. The Morgan fingerprint density at radius 2 is 2.00 bits per heavy atom. The zero-order chi connectivity index (χ0) is 21.0. The van der Waals surface area contributed by atoms with Gasteiger partial charge in [-0.05, 0) is 43.5 Å². The monoisotopic (exact) mass is 411 g/mol. The molecule has 3 rings (SSSR count). The molecule has 29 heavy (non-hydrogen) atoms. The number of carbonyl (C=O) groups is 1. The first-order valence-corrected chi connectivity index (χ1v) is 10.8. The molecule has 1 N–H and O–H groups in total. The second kappa shape index (κ2) is 8.91. The van der Waals surface area contributed by atoms with Gasteiger partial charge in [0.2, 0.25) is 5.91 Å². The van der Waals surface area contributed by atoms with E-state index < -0.39 is 0 Å². The molecule has 2 aromatic rings. The van der Waals surface area contributed by atoms with Gasteiger partial charge in [-0.25, -0.2) is 0 Å². The van der Waals surface area contributed by atoms with Gasteiger partial charge in [-0.3, -0.25) is 9.79 Å². The molecule has 0 aromatic heterocycles. The molecule has 0 saturated heterocycles. The molecule has 1 aliphatic rings. The molecule has 0 atom stereocenters. The van der Waals surface area contributed by atoms with Crippen LogP contribution in [0.3, 0.4) is 0 Å². The van der Waals surface area contributed by atoms with Crippen molar-refractivity contribution in [1.29, 1.82) is 0 Å². The molecule has 0 aliphatic carbocycles. The van der Waals surface area contributed by atoms with Crippen LogP contribution in [0.2, 0.25) is 0 Å². The van der Waals surface area contributed by atoms with Crippen LogP contribution in [-0.2, 0) is 4.79 Å². The van der Waals surface area contributed by atoms with Gasteiger partial charge in [-0.1, -0.05) is 49.9 Å². The predicted octanol–water partition coefficient (Wildman–Crippen LogP) is 5.15. The number of thioether (sulfide) groups is 1. The first-order valence-electron chi connectivity index (χ1n) is 9.82. The summed E-state index contributed by atoms with van der Waals surface area (Å²) in [6.45, 7) is 8.64. The Kier molecular flexibility index (Phi) is 6.52. The van der Waals surface area contributed by atoms with Gasteiger partial charge in [0.05, 0.1) is 12.6 Å². The molecule has 5 nitrogen and oxygen atoms in total. The molecule has 1 amide bonds. The van der Waals surface area contributed by atoms with Crippen LogP contribution in [0.4, 0.5) is 11.4 Å². The Morgan fingerprint density at radius 3 is 2.66 bits per heavy atom. The van der Waals surface area contributed by atoms with Crippen molar-refractivity contribution in [2.24, 2.45) is 4.99 Å². The molecule has 154 valence electrons. The lowest BCUT2D eigenvalue weighted by atomic mass is 10.0. The van der Waals surface area contributed by atoms with E-state index in [0.717, 1.165) is 33.6 Å². The minimum absolute atomic E-state index is 0.0751. The number of anilines is 2. The number of rotatable bonds is 6. The van der Waals surface area contributed by atoms with Crippen LogP contribution in [0.15, 0.2) is 53.5 Å². The third-order valence-corrected chi connectivity index (χ3v) is 6.13. The molecule has 1 aliphatic heterocycles. The quantitative estimate of drug-likeness (QED) is 0.715. The number of hydrogen-bond donors (Lipinski definition) is 1. The summed E-state index contributed by atoms with van der Waals surface area (Å²) in [7, 11) is 1.64. The van der Waals surface area contributed by atoms with Crippen molar-refractivity contribution in [3.63, 3.8) is 0 Å². The van der Waals surface area contributed by atoms with Gasteiger partial charge in [0.15, 0.2) is 5.17 Å². The maximum absolute atomic E-state index is 13.0. The van der Waals surface area contributed by atoms with Crippen molar-refractivity contribution in [3.05, 3.63) is 54.1 Å². The highest BCUT2D eigenvalue weighted by Crippen LogP contribution is 2.32. The van der Waals surface area contributed by atoms with Gasteiger partial charge < -0.3 is 15.0 Å². The molecule has 2 aromatic carbocycles. The third-order valence-electron chi connectivity index (χ3n) is 4.71. The minimum atomic E-state index is -0.141. The Balaban J connectivity index is 1.86. The summed E-state index contributed by atoms with van der Waals surface area (Å²) < 4.78 is 5.38. The van der Waals surface area contributed by atoms with Crippen LogP contribution in [0.1, 0.15) is 39.2 Å². The number of ether oxygens (including phenoxy) is 1. The van der Waals surface area contributed by atoms with Gasteiger partial charge in [0.25, 0.3) is 0 Å². The number of methoxy groups -OCH3 is 1. The van der Waals surface area contributed by atoms with E-state index in [0.29, 0.717) is 5.92 Å². The lowest BCUT2D eigenvalue weighted by Gasteiger charge is -2.24. The molecule has 0 spiro atoms. The first-order chi connectivity index (χ1) is 13.8. The highest BCUT2D eigenvalue weighted by molar-refractivity contribution is 8.14. The number of amidine groups is 1. The third kappa shape index (κ3) is 5.32. The van der Waals surface area contributed by atoms with Crippen molar-refractivity contribution in [2.75, 3.05) is 29.6 Å². The zero-order valence-electron chi connectivity index (χ0n) is 17.7. The number of benzene rings is 2. The topological polar surface area (TPSA) is 53.9 Å². The summed E-state index contributed by atoms with van der Waals surface area (Å²) in [5.41, 5.74) is 2.74. The summed E-state index contributed by atoms with van der Waals surface area (Å²) in [6.07, 6.45) is 0. The predicted molar refractivity (Wildman–Crippen MR) is 123 cm³/mol. The summed E-state index contributed by atoms with van der Waals surface area (Å²) in [4.78, 5) is 19.8. The smallest absolute Gasteiger partial charge is 0.244 e. The second-order valence-corrected chi connectivity index (χ2v) is 9.02. The van der Waals surface area contributed by atoms with Crippen LogP contribution < -0.4 is 15.0 Å². The minimum Gasteiger partial charge on any atom is -0.497 e. The number of hydrogen-bond acceptors (Lipinski definition) is 5. The molecule has 0 unspecified atom stereocenters. The van der Waals surface area contributed by atoms with Crippen molar-refractivity contribution in [3.8, 4) is 5.75 Å². The van der Waals surface area contributed by atoms with E-state index in [2.05, 4.69) is 39.1 Å². The SMILES string of the molecule is COc1cccc(N(CC(=O)Nc2ccccc2C(C)C)C2=NC(C)(C)CS2)c1. The molecule has 6 heteroatoms. The van der Waals surface area contributed by atoms with Gasteiger partial charge >= 0.3 is 0 Å². The molecular formula is C23H29N3O2S. The zero-order valence-corrected chi connectivity index (χ0v) is 18.5. The van der Waals surface area contributed by atoms with E-state index in [1.54, 1.807) is 18.9 Å². The van der Waals surface area contributed by atoms with Crippen LogP contribution >= 0.6 is 11.8 Å². The molecule has 0 bridgehead atoms. The lowest BCUT2D eigenvalue weighted by molar-refractivity contribution is -0.114. The van der Waals surface area contributed by atoms with Crippen molar-refractivity contribution >= 4 is 34.2 Å². The number of aliphatic imine (C=N–C) groups is 1. The standard InChI is InChI=1S/C23H29N3O2S/c1-16(2)19-11-6-7-12-20(19)24-21(27)14-26(22-25-23(3,4)15-29-22)17-9-8-10-18(13-17)28-5/h6-13,16H,14-15H2,1-5H3,(H,24,27). The molecule has 0 radical (unpaired) electrons. The van der Waals surface area contributed by atoms with E-state index in [-0.39, 0.29) is 18.0 Å². The van der Waals surface area contributed by atoms with Gasteiger partial charge in [-0.15, -0.1) is 0 Å². The molecule has 1 heterocycles. The molecular weight excluding hydrogens is 382 g/mol. The fourth-order valence-corrected chi connectivity index (χ4v) is 4.38. The van der Waals surface area contributed by atoms with E-state index in [1.807, 2.05) is 47.4 Å². The van der Waals surface area contributed by atoms with Crippen LogP contribution in [-0.4, -0.2) is 36.0 Å². The van der Waals surface area contributed by atoms with E-state index in [4.69, 9.17) is 9.73 Å². The fraction of sp³-hybridized carbons (Fsp3) is 0.391. The van der Waals surface area contributed by atoms with E-state index in [9.17, 15) is 4.79 Å². The summed E-state index contributed by atoms with van der Waals surface area (Å²) in [5, 5.41) is 3.95. The second-order valence-electron chi connectivity index (χ2n) is 8.07.